The van der Waals surface area contributed by atoms with Gasteiger partial charge in [-0.2, -0.15) is 4.31 Å². The highest BCUT2D eigenvalue weighted by atomic mass is 35.5. The van der Waals surface area contributed by atoms with Gasteiger partial charge in [-0.25, -0.2) is 8.42 Å². The van der Waals surface area contributed by atoms with Crippen LogP contribution in [0, 0.1) is 5.92 Å². The van der Waals surface area contributed by atoms with Crippen molar-refractivity contribution in [2.75, 3.05) is 33.3 Å². The number of amides is 1. The Kier molecular flexibility index (Phi) is 8.14. The van der Waals surface area contributed by atoms with Crippen LogP contribution in [-0.4, -0.2) is 62.9 Å². The molecule has 0 saturated carbocycles. The number of nitrogens with zero attached hydrogens (tertiary/aromatic N) is 2. The minimum atomic E-state index is -3.74. The molecule has 2 saturated heterocycles. The molecule has 0 radical (unpaired) electrons. The summed E-state index contributed by atoms with van der Waals surface area (Å²) in [5.74, 6) is 0.0279. The fourth-order valence-electron chi connectivity index (χ4n) is 4.73. The number of carbonyl (C=O) groups is 1. The third kappa shape index (κ3) is 5.92. The summed E-state index contributed by atoms with van der Waals surface area (Å²) in [6, 6.07) is 15.0. The molecule has 34 heavy (non-hydrogen) atoms. The molecule has 9 heteroatoms. The number of sulfonamides is 1. The maximum atomic E-state index is 13.2. The largest absolute Gasteiger partial charge is 0.495 e. The minimum absolute atomic E-state index is 0.0471. The van der Waals surface area contributed by atoms with Crippen LogP contribution in [0.1, 0.15) is 31.2 Å². The number of hydrogen-bond donors (Lipinski definition) is 1. The third-order valence-corrected chi connectivity index (χ3v) is 8.86. The summed E-state index contributed by atoms with van der Waals surface area (Å²) in [6.45, 7) is 3.37. The monoisotopic (exact) mass is 505 g/mol. The van der Waals surface area contributed by atoms with E-state index in [9.17, 15) is 13.2 Å². The molecule has 0 spiro atoms. The molecule has 0 bridgehead atoms. The zero-order chi connectivity index (χ0) is 24.1. The molecule has 2 aliphatic rings. The molecule has 2 aliphatic heterocycles. The Morgan fingerprint density at radius 3 is 2.50 bits per heavy atom. The smallest absolute Gasteiger partial charge is 0.243 e. The van der Waals surface area contributed by atoms with Crippen LogP contribution in [0.3, 0.4) is 0 Å². The van der Waals surface area contributed by atoms with Gasteiger partial charge in [-0.3, -0.25) is 9.69 Å². The first kappa shape index (κ1) is 25.0. The number of likely N-dealkylation sites (tertiary alicyclic amines) is 1. The molecule has 1 unspecified atom stereocenters. The number of halogens is 1. The average molecular weight is 506 g/mol. The Labute approximate surface area is 207 Å². The predicted molar refractivity (Wildman–Crippen MR) is 132 cm³/mol. The highest BCUT2D eigenvalue weighted by molar-refractivity contribution is 7.89. The third-order valence-electron chi connectivity index (χ3n) is 6.70. The molecule has 1 atom stereocenters. The van der Waals surface area contributed by atoms with Crippen LogP contribution < -0.4 is 10.1 Å². The lowest BCUT2D eigenvalue weighted by molar-refractivity contribution is -0.127. The van der Waals surface area contributed by atoms with Gasteiger partial charge in [-0.15, -0.1) is 0 Å². The molecular weight excluding hydrogens is 474 g/mol. The Morgan fingerprint density at radius 2 is 1.82 bits per heavy atom. The molecule has 4 rings (SSSR count). The zero-order valence-electron chi connectivity index (χ0n) is 19.5. The minimum Gasteiger partial charge on any atom is -0.495 e. The number of benzene rings is 2. The Hall–Kier alpha value is -2.13. The highest BCUT2D eigenvalue weighted by Crippen LogP contribution is 2.30. The van der Waals surface area contributed by atoms with Crippen LogP contribution >= 0.6 is 11.6 Å². The molecule has 0 aromatic heterocycles. The topological polar surface area (TPSA) is 79.0 Å². The van der Waals surface area contributed by atoms with E-state index >= 15 is 0 Å². The van der Waals surface area contributed by atoms with Gasteiger partial charge in [0.25, 0.3) is 0 Å². The highest BCUT2D eigenvalue weighted by Gasteiger charge is 2.34. The zero-order valence-corrected chi connectivity index (χ0v) is 21.0. The van der Waals surface area contributed by atoms with Crippen molar-refractivity contribution in [2.24, 2.45) is 5.92 Å². The standard InChI is InChI=1S/C25H32ClN3O4S/c1-33-24-10-9-22(16-23(24)26)34(31,32)29-13-5-8-20(18-29)25(30)27-21-11-14-28(15-12-21)17-19-6-3-2-4-7-19/h2-4,6-7,9-10,16,20-21H,5,8,11-15,17-18H2,1H3,(H,27,30). The summed E-state index contributed by atoms with van der Waals surface area (Å²) in [4.78, 5) is 15.5. The first-order valence-corrected chi connectivity index (χ1v) is 13.6. The number of hydrogen-bond acceptors (Lipinski definition) is 5. The van der Waals surface area contributed by atoms with Gasteiger partial charge in [0.2, 0.25) is 15.9 Å². The van der Waals surface area contributed by atoms with Gasteiger partial charge in [-0.1, -0.05) is 41.9 Å². The van der Waals surface area contributed by atoms with Gasteiger partial charge < -0.3 is 10.1 Å². The number of carbonyl (C=O) groups excluding carboxylic acids is 1. The maximum absolute atomic E-state index is 13.2. The van der Waals surface area contributed by atoms with E-state index in [0.717, 1.165) is 32.5 Å². The molecule has 1 N–H and O–H groups in total. The summed E-state index contributed by atoms with van der Waals surface area (Å²) in [7, 11) is -2.26. The van der Waals surface area contributed by atoms with Gasteiger partial charge >= 0.3 is 0 Å². The van der Waals surface area contributed by atoms with Gasteiger partial charge in [0.15, 0.2) is 0 Å². The van der Waals surface area contributed by atoms with Crippen molar-refractivity contribution in [1.82, 2.24) is 14.5 Å². The van der Waals surface area contributed by atoms with Crippen molar-refractivity contribution in [3.8, 4) is 5.75 Å². The van der Waals surface area contributed by atoms with Crippen LogP contribution in [0.4, 0.5) is 0 Å². The van der Waals surface area contributed by atoms with E-state index in [4.69, 9.17) is 16.3 Å². The van der Waals surface area contributed by atoms with Crippen LogP contribution in [0.2, 0.25) is 5.02 Å². The molecule has 7 nitrogen and oxygen atoms in total. The summed E-state index contributed by atoms with van der Waals surface area (Å²) in [6.07, 6.45) is 3.14. The first-order chi connectivity index (χ1) is 16.4. The van der Waals surface area contributed by atoms with Crippen molar-refractivity contribution >= 4 is 27.5 Å². The first-order valence-electron chi connectivity index (χ1n) is 11.8. The van der Waals surface area contributed by atoms with Crippen molar-refractivity contribution in [2.45, 2.75) is 43.2 Å². The van der Waals surface area contributed by atoms with Crippen molar-refractivity contribution < 1.29 is 17.9 Å². The van der Waals surface area contributed by atoms with Crippen LogP contribution in [0.15, 0.2) is 53.4 Å². The average Bonchev–Trinajstić information content (AvgIpc) is 2.86. The summed E-state index contributed by atoms with van der Waals surface area (Å²) >= 11 is 6.14. The van der Waals surface area contributed by atoms with E-state index < -0.39 is 10.0 Å². The number of rotatable bonds is 7. The molecule has 2 heterocycles. The summed E-state index contributed by atoms with van der Waals surface area (Å²) in [5, 5.41) is 3.43. The maximum Gasteiger partial charge on any atom is 0.243 e. The quantitative estimate of drug-likeness (QED) is 0.622. The second-order valence-electron chi connectivity index (χ2n) is 9.04. The van der Waals surface area contributed by atoms with E-state index in [2.05, 4.69) is 34.5 Å². The van der Waals surface area contributed by atoms with Gasteiger partial charge in [-0.05, 0) is 49.4 Å². The molecule has 2 fully saturated rings. The number of methoxy groups -OCH3 is 1. The van der Waals surface area contributed by atoms with E-state index in [-0.39, 0.29) is 34.3 Å². The van der Waals surface area contributed by atoms with Crippen molar-refractivity contribution in [3.05, 3.63) is 59.1 Å². The second-order valence-corrected chi connectivity index (χ2v) is 11.4. The molecule has 1 amide bonds. The number of piperidine rings is 2. The van der Waals surface area contributed by atoms with Crippen LogP contribution in [-0.2, 0) is 21.4 Å². The Morgan fingerprint density at radius 1 is 1.09 bits per heavy atom. The molecule has 0 aliphatic carbocycles. The van der Waals surface area contributed by atoms with Crippen molar-refractivity contribution in [1.29, 1.82) is 0 Å². The van der Waals surface area contributed by atoms with E-state index in [1.54, 1.807) is 6.07 Å². The van der Waals surface area contributed by atoms with Crippen LogP contribution in [0.25, 0.3) is 0 Å². The molecular formula is C25H32ClN3O4S. The summed E-state index contributed by atoms with van der Waals surface area (Å²) in [5.41, 5.74) is 1.30. The van der Waals surface area contributed by atoms with Crippen LogP contribution in [0.5, 0.6) is 5.75 Å². The lowest BCUT2D eigenvalue weighted by atomic mass is 9.97. The fourth-order valence-corrected chi connectivity index (χ4v) is 6.60. The normalized spacial score (nSPS) is 20.7. The van der Waals surface area contributed by atoms with E-state index in [1.165, 1.54) is 29.1 Å². The van der Waals surface area contributed by atoms with Crippen molar-refractivity contribution in [3.63, 3.8) is 0 Å². The molecule has 2 aromatic carbocycles. The van der Waals surface area contributed by atoms with E-state index in [1.807, 2.05) is 6.07 Å². The Bertz CT molecular complexity index is 1090. The van der Waals surface area contributed by atoms with Gasteiger partial charge in [0.05, 0.1) is 22.9 Å². The lowest BCUT2D eigenvalue weighted by Gasteiger charge is -2.35. The molecule has 184 valence electrons. The molecule has 2 aromatic rings. The van der Waals surface area contributed by atoms with Gasteiger partial charge in [0, 0.05) is 38.8 Å². The SMILES string of the molecule is COc1ccc(S(=O)(=O)N2CCCC(C(=O)NC3CCN(Cc4ccccc4)CC3)C2)cc1Cl. The van der Waals surface area contributed by atoms with Gasteiger partial charge in [0.1, 0.15) is 5.75 Å². The number of nitrogens with one attached hydrogen (secondary N) is 1. The fraction of sp³-hybridized carbons (Fsp3) is 0.480. The van der Waals surface area contributed by atoms with E-state index in [0.29, 0.717) is 25.1 Å². The number of ether oxygens (including phenoxy) is 1. The summed E-state index contributed by atoms with van der Waals surface area (Å²) < 4.78 is 32.9. The lowest BCUT2D eigenvalue weighted by Crippen LogP contribution is -2.50. The Balaban J connectivity index is 1.31. The predicted octanol–water partition coefficient (Wildman–Crippen LogP) is 3.53. The second kappa shape index (κ2) is 11.1.